The molecule has 3 aromatic carbocycles. The highest BCUT2D eigenvalue weighted by atomic mass is 32.2. The summed E-state index contributed by atoms with van der Waals surface area (Å²) < 4.78 is 142. The van der Waals surface area contributed by atoms with Crippen molar-refractivity contribution in [2.24, 2.45) is 0 Å². The van der Waals surface area contributed by atoms with E-state index in [2.05, 4.69) is 28.4 Å². The van der Waals surface area contributed by atoms with Crippen LogP contribution in [0.15, 0.2) is 87.5 Å². The van der Waals surface area contributed by atoms with E-state index in [1.165, 1.54) is 61.8 Å². The summed E-state index contributed by atoms with van der Waals surface area (Å²) in [5.74, 6) is -7.07. The molecule has 15 heteroatoms. The van der Waals surface area contributed by atoms with Crippen molar-refractivity contribution in [2.75, 3.05) is 0 Å². The van der Waals surface area contributed by atoms with Crippen LogP contribution in [-0.4, -0.2) is 37.8 Å². The highest BCUT2D eigenvalue weighted by molar-refractivity contribution is 7.97. The Morgan fingerprint density at radius 3 is 1.27 bits per heavy atom. The van der Waals surface area contributed by atoms with Crippen molar-refractivity contribution in [1.29, 1.82) is 0 Å². The Kier molecular flexibility index (Phi) is 10.6. The Morgan fingerprint density at radius 2 is 0.917 bits per heavy atom. The number of hydrogen-bond acceptors (Lipinski definition) is 5. The molecule has 0 atom stereocenters. The third-order valence-corrected chi connectivity index (χ3v) is 13.5. The van der Waals surface area contributed by atoms with Gasteiger partial charge >= 0.3 is 36.7 Å². The fourth-order valence-corrected chi connectivity index (χ4v) is 9.80. The molecule has 2 aliphatic carbocycles. The normalized spacial score (nSPS) is 17.8. The van der Waals surface area contributed by atoms with Crippen LogP contribution in [0.25, 0.3) is 0 Å². The van der Waals surface area contributed by atoms with Gasteiger partial charge in [0.15, 0.2) is 14.7 Å². The quantitative estimate of drug-likeness (QED) is 0.0912. The van der Waals surface area contributed by atoms with Crippen molar-refractivity contribution in [1.82, 2.24) is 0 Å². The lowest BCUT2D eigenvalue weighted by atomic mass is 9.84. The smallest absolute Gasteiger partial charge is 0.378 e. The maximum Gasteiger partial charge on any atom is 0.450 e. The van der Waals surface area contributed by atoms with Crippen molar-refractivity contribution in [2.45, 2.75) is 107 Å². The molecule has 6 nitrogen and oxygen atoms in total. The monoisotopic (exact) mass is 737 g/mol. The maximum absolute atomic E-state index is 14.4. The molecule has 0 spiro atoms. The minimum Gasteiger partial charge on any atom is -0.378 e. The lowest BCUT2D eigenvalue weighted by Gasteiger charge is -2.29. The van der Waals surface area contributed by atoms with E-state index in [0.29, 0.717) is 16.7 Å². The zero-order chi connectivity index (χ0) is 35.0. The predicted octanol–water partition coefficient (Wildman–Crippen LogP) is 9.29. The summed E-state index contributed by atoms with van der Waals surface area (Å²) >= 11 is 0. The number of halogens is 6. The lowest BCUT2D eigenvalue weighted by molar-refractivity contribution is -0.247. The zero-order valence-corrected chi connectivity index (χ0v) is 28.1. The second-order valence-corrected chi connectivity index (χ2v) is 17.3. The minimum absolute atomic E-state index is 0.464. The highest BCUT2D eigenvalue weighted by Gasteiger charge is 2.83. The van der Waals surface area contributed by atoms with Crippen molar-refractivity contribution in [3.63, 3.8) is 0 Å². The predicted molar refractivity (Wildman–Crippen MR) is 169 cm³/mol. The van der Waals surface area contributed by atoms with Gasteiger partial charge in [-0.1, -0.05) is 62.8 Å². The largest absolute Gasteiger partial charge is 0.450 e. The molecule has 0 saturated heterocycles. The van der Waals surface area contributed by atoms with Gasteiger partial charge in [-0.3, -0.25) is 4.55 Å². The molecule has 0 bridgehead atoms. The van der Waals surface area contributed by atoms with E-state index in [1.807, 2.05) is 24.3 Å². The van der Waals surface area contributed by atoms with E-state index in [-0.39, 0.29) is 0 Å². The van der Waals surface area contributed by atoms with Crippen molar-refractivity contribution < 1.29 is 51.9 Å². The van der Waals surface area contributed by atoms with E-state index in [9.17, 15) is 43.2 Å². The van der Waals surface area contributed by atoms with Crippen molar-refractivity contribution in [3.05, 3.63) is 83.9 Å². The van der Waals surface area contributed by atoms with Gasteiger partial charge in [-0.2, -0.15) is 43.2 Å². The molecule has 2 saturated carbocycles. The molecule has 2 aliphatic rings. The van der Waals surface area contributed by atoms with Crippen LogP contribution in [0.3, 0.4) is 0 Å². The third kappa shape index (κ3) is 7.10. The van der Waals surface area contributed by atoms with E-state index in [1.54, 1.807) is 0 Å². The molecule has 0 aromatic heterocycles. The molecule has 0 amide bonds. The summed E-state index contributed by atoms with van der Waals surface area (Å²) in [6.45, 7) is 0. The highest BCUT2D eigenvalue weighted by Crippen LogP contribution is 2.51. The van der Waals surface area contributed by atoms with Gasteiger partial charge in [-0.25, -0.2) is 0 Å². The van der Waals surface area contributed by atoms with Crippen LogP contribution in [-0.2, 0) is 31.1 Å². The van der Waals surface area contributed by atoms with Gasteiger partial charge in [0.1, 0.15) is 5.75 Å². The molecule has 3 aromatic rings. The number of benzene rings is 3. The minimum atomic E-state index is -7.15. The Morgan fingerprint density at radius 1 is 0.562 bits per heavy atom. The van der Waals surface area contributed by atoms with Gasteiger partial charge in [-0.15, -0.1) is 0 Å². The second-order valence-electron chi connectivity index (χ2n) is 12.2. The SMILES string of the molecule is O=S(=O)(O)C(F)(F)C(F)(F)C(F)(F)S(=O)(=O)Oc1ccc([S+](c2ccc(C3CCCCC3)cc2)c2ccc(C3CCCCC3)cc2)cc1. The molecule has 1 N–H and O–H groups in total. The van der Waals surface area contributed by atoms with Crippen LogP contribution in [0.1, 0.15) is 87.2 Å². The maximum atomic E-state index is 14.4. The molecule has 0 radical (unpaired) electrons. The molecular formula is C33H35F6O6S3+. The summed E-state index contributed by atoms with van der Waals surface area (Å²) in [6, 6.07) is 20.9. The van der Waals surface area contributed by atoms with Gasteiger partial charge < -0.3 is 4.18 Å². The molecule has 0 heterocycles. The number of hydrogen-bond donors (Lipinski definition) is 1. The molecule has 5 rings (SSSR count). The van der Waals surface area contributed by atoms with Crippen molar-refractivity contribution in [3.8, 4) is 5.75 Å². The van der Waals surface area contributed by atoms with Crippen LogP contribution >= 0.6 is 0 Å². The fourth-order valence-electron chi connectivity index (χ4n) is 6.33. The Labute approximate surface area is 279 Å². The van der Waals surface area contributed by atoms with Crippen LogP contribution in [0.4, 0.5) is 26.3 Å². The van der Waals surface area contributed by atoms with Crippen molar-refractivity contribution >= 4 is 31.1 Å². The Hall–Kier alpha value is -2.75. The fraction of sp³-hybridized carbons (Fsp3) is 0.455. The lowest BCUT2D eigenvalue weighted by Crippen LogP contribution is -2.61. The Bertz CT molecular complexity index is 1710. The first-order valence-electron chi connectivity index (χ1n) is 15.5. The first-order chi connectivity index (χ1) is 22.5. The van der Waals surface area contributed by atoms with E-state index >= 15 is 0 Å². The van der Waals surface area contributed by atoms with Crippen LogP contribution in [0, 0.1) is 0 Å². The average molecular weight is 738 g/mol. The average Bonchev–Trinajstić information content (AvgIpc) is 3.06. The molecule has 2 fully saturated rings. The second kappa shape index (κ2) is 13.9. The van der Waals surface area contributed by atoms with E-state index < -0.39 is 53.3 Å². The summed E-state index contributed by atoms with van der Waals surface area (Å²) in [6.07, 6.45) is 11.5. The number of rotatable bonds is 11. The summed E-state index contributed by atoms with van der Waals surface area (Å²) in [4.78, 5) is 2.39. The van der Waals surface area contributed by atoms with Gasteiger partial charge in [0.25, 0.3) is 0 Å². The third-order valence-electron chi connectivity index (χ3n) is 9.02. The standard InChI is InChI=1S/C33H34F6O6S3/c34-31(35,32(36,37)47(40,41)42)33(38,39)48(43,44)45-27-15-21-30(22-16-27)46(28-17-11-25(12-18-28)23-7-3-1-4-8-23)29-19-13-26(14-20-29)24-9-5-2-6-10-24/h11-24H,1-10H2/p+1. The molecular weight excluding hydrogens is 703 g/mol. The first kappa shape index (κ1) is 36.5. The van der Waals surface area contributed by atoms with Crippen LogP contribution in [0.2, 0.25) is 0 Å². The summed E-state index contributed by atoms with van der Waals surface area (Å²) in [7, 11) is -14.9. The Balaban J connectivity index is 1.45. The van der Waals surface area contributed by atoms with E-state index in [4.69, 9.17) is 4.55 Å². The molecule has 0 aliphatic heterocycles. The molecule has 262 valence electrons. The van der Waals surface area contributed by atoms with Crippen LogP contribution in [0.5, 0.6) is 5.75 Å². The molecule has 48 heavy (non-hydrogen) atoms. The van der Waals surface area contributed by atoms with Gasteiger partial charge in [0, 0.05) is 0 Å². The van der Waals surface area contributed by atoms with Crippen LogP contribution < -0.4 is 4.18 Å². The van der Waals surface area contributed by atoms with Gasteiger partial charge in [0.05, 0.1) is 10.9 Å². The van der Waals surface area contributed by atoms with Gasteiger partial charge in [0.2, 0.25) is 0 Å². The number of alkyl halides is 6. The molecule has 0 unspecified atom stereocenters. The first-order valence-corrected chi connectivity index (χ1v) is 19.6. The zero-order valence-electron chi connectivity index (χ0n) is 25.6. The topological polar surface area (TPSA) is 97.7 Å². The summed E-state index contributed by atoms with van der Waals surface area (Å²) in [5.41, 5.74) is 2.45. The summed E-state index contributed by atoms with van der Waals surface area (Å²) in [5, 5.41) is -13.6. The van der Waals surface area contributed by atoms with E-state index in [0.717, 1.165) is 47.6 Å². The van der Waals surface area contributed by atoms with Gasteiger partial charge in [-0.05, 0) is 97.2 Å².